The summed E-state index contributed by atoms with van der Waals surface area (Å²) in [6, 6.07) is 3.37. The van der Waals surface area contributed by atoms with Crippen molar-refractivity contribution in [3.63, 3.8) is 0 Å². The SMILES string of the molecule is C[C@H](NCc1cnc(N2CCOCC2)nc1)c1ccc(F)cc1F. The number of anilines is 1. The van der Waals surface area contributed by atoms with E-state index in [9.17, 15) is 8.78 Å². The number of rotatable bonds is 5. The summed E-state index contributed by atoms with van der Waals surface area (Å²) in [6.07, 6.45) is 3.52. The summed E-state index contributed by atoms with van der Waals surface area (Å²) >= 11 is 0. The van der Waals surface area contributed by atoms with Gasteiger partial charge in [-0.1, -0.05) is 6.07 Å². The zero-order valence-corrected chi connectivity index (χ0v) is 13.5. The smallest absolute Gasteiger partial charge is 0.225 e. The molecule has 1 aliphatic heterocycles. The van der Waals surface area contributed by atoms with Crippen molar-refractivity contribution >= 4 is 5.95 Å². The Labute approximate surface area is 139 Å². The van der Waals surface area contributed by atoms with Crippen molar-refractivity contribution in [1.82, 2.24) is 15.3 Å². The van der Waals surface area contributed by atoms with Crippen molar-refractivity contribution in [1.29, 1.82) is 0 Å². The van der Waals surface area contributed by atoms with Gasteiger partial charge in [0, 0.05) is 55.3 Å². The standard InChI is InChI=1S/C17H20F2N4O/c1-12(15-3-2-14(18)8-16(15)19)20-9-13-10-21-17(22-11-13)23-4-6-24-7-5-23/h2-3,8,10-12,20H,4-7,9H2,1H3/t12-/m0/s1. The number of hydrogen-bond donors (Lipinski definition) is 1. The number of morpholine rings is 1. The molecule has 0 saturated carbocycles. The van der Waals surface area contributed by atoms with Crippen LogP contribution >= 0.6 is 0 Å². The highest BCUT2D eigenvalue weighted by atomic mass is 19.1. The molecule has 1 fully saturated rings. The molecule has 0 unspecified atom stereocenters. The van der Waals surface area contributed by atoms with Crippen LogP contribution in [-0.2, 0) is 11.3 Å². The molecule has 5 nitrogen and oxygen atoms in total. The fourth-order valence-electron chi connectivity index (χ4n) is 2.60. The number of benzene rings is 1. The Balaban J connectivity index is 1.58. The summed E-state index contributed by atoms with van der Waals surface area (Å²) in [4.78, 5) is 10.8. The minimum Gasteiger partial charge on any atom is -0.378 e. The first-order chi connectivity index (χ1) is 11.6. The molecule has 1 aromatic heterocycles. The largest absolute Gasteiger partial charge is 0.378 e. The molecule has 0 radical (unpaired) electrons. The molecular weight excluding hydrogens is 314 g/mol. The Bertz CT molecular complexity index is 675. The van der Waals surface area contributed by atoms with E-state index < -0.39 is 11.6 Å². The molecule has 2 aromatic rings. The van der Waals surface area contributed by atoms with Crippen LogP contribution in [0.1, 0.15) is 24.1 Å². The maximum absolute atomic E-state index is 13.8. The molecule has 0 spiro atoms. The van der Waals surface area contributed by atoms with E-state index in [2.05, 4.69) is 20.2 Å². The number of nitrogens with zero attached hydrogens (tertiary/aromatic N) is 3. The molecule has 128 valence electrons. The van der Waals surface area contributed by atoms with Gasteiger partial charge >= 0.3 is 0 Å². The summed E-state index contributed by atoms with van der Waals surface area (Å²) in [6.45, 7) is 5.29. The first-order valence-electron chi connectivity index (χ1n) is 7.95. The Morgan fingerprint density at radius 2 is 1.92 bits per heavy atom. The molecule has 2 heterocycles. The number of halogens is 2. The number of hydrogen-bond acceptors (Lipinski definition) is 5. The molecule has 7 heteroatoms. The van der Waals surface area contributed by atoms with Crippen molar-refractivity contribution in [2.75, 3.05) is 31.2 Å². The van der Waals surface area contributed by atoms with Gasteiger partial charge in [0.15, 0.2) is 0 Å². The zero-order chi connectivity index (χ0) is 16.9. The van der Waals surface area contributed by atoms with E-state index in [1.165, 1.54) is 12.1 Å². The van der Waals surface area contributed by atoms with Crippen LogP contribution in [0.15, 0.2) is 30.6 Å². The molecule has 0 bridgehead atoms. The highest BCUT2D eigenvalue weighted by Crippen LogP contribution is 2.18. The average molecular weight is 334 g/mol. The number of nitrogens with one attached hydrogen (secondary N) is 1. The van der Waals surface area contributed by atoms with Crippen molar-refractivity contribution in [3.05, 3.63) is 53.4 Å². The van der Waals surface area contributed by atoms with Gasteiger partial charge in [-0.25, -0.2) is 18.7 Å². The van der Waals surface area contributed by atoms with Crippen LogP contribution in [0.5, 0.6) is 0 Å². The fourth-order valence-corrected chi connectivity index (χ4v) is 2.60. The van der Waals surface area contributed by atoms with Gasteiger partial charge in [0.2, 0.25) is 5.95 Å². The van der Waals surface area contributed by atoms with Crippen LogP contribution in [0.4, 0.5) is 14.7 Å². The fraction of sp³-hybridized carbons (Fsp3) is 0.412. The summed E-state index contributed by atoms with van der Waals surface area (Å²) in [5, 5.41) is 3.20. The molecule has 0 aliphatic carbocycles. The lowest BCUT2D eigenvalue weighted by Gasteiger charge is -2.26. The predicted octanol–water partition coefficient (Wildman–Crippen LogP) is 2.44. The summed E-state index contributed by atoms with van der Waals surface area (Å²) < 4.78 is 32.0. The highest BCUT2D eigenvalue weighted by Gasteiger charge is 2.14. The number of ether oxygens (including phenoxy) is 1. The van der Waals surface area contributed by atoms with E-state index in [1.54, 1.807) is 12.4 Å². The monoisotopic (exact) mass is 334 g/mol. The van der Waals surface area contributed by atoms with Crippen molar-refractivity contribution in [3.8, 4) is 0 Å². The van der Waals surface area contributed by atoms with Gasteiger partial charge in [0.1, 0.15) is 11.6 Å². The van der Waals surface area contributed by atoms with E-state index in [0.29, 0.717) is 31.3 Å². The van der Waals surface area contributed by atoms with E-state index in [0.717, 1.165) is 24.7 Å². The van der Waals surface area contributed by atoms with Crippen molar-refractivity contribution in [2.24, 2.45) is 0 Å². The average Bonchev–Trinajstić information content (AvgIpc) is 2.61. The molecule has 1 saturated heterocycles. The maximum Gasteiger partial charge on any atom is 0.225 e. The normalized spacial score (nSPS) is 16.2. The summed E-state index contributed by atoms with van der Waals surface area (Å²) in [7, 11) is 0. The van der Waals surface area contributed by atoms with Gasteiger partial charge in [-0.3, -0.25) is 0 Å². The first kappa shape index (κ1) is 16.7. The minimum atomic E-state index is -0.574. The second kappa shape index (κ2) is 7.63. The molecule has 1 atom stereocenters. The lowest BCUT2D eigenvalue weighted by atomic mass is 10.1. The maximum atomic E-state index is 13.8. The van der Waals surface area contributed by atoms with Crippen LogP contribution in [0.3, 0.4) is 0 Å². The Hall–Kier alpha value is -2.12. The highest BCUT2D eigenvalue weighted by molar-refractivity contribution is 5.30. The van der Waals surface area contributed by atoms with Gasteiger partial charge in [-0.15, -0.1) is 0 Å². The molecule has 24 heavy (non-hydrogen) atoms. The topological polar surface area (TPSA) is 50.3 Å². The summed E-state index contributed by atoms with van der Waals surface area (Å²) in [5.74, 6) is -0.427. The zero-order valence-electron chi connectivity index (χ0n) is 13.5. The minimum absolute atomic E-state index is 0.246. The van der Waals surface area contributed by atoms with Crippen LogP contribution in [0.2, 0.25) is 0 Å². The Kier molecular flexibility index (Phi) is 5.32. The van der Waals surface area contributed by atoms with Gasteiger partial charge in [0.05, 0.1) is 13.2 Å². The molecule has 1 N–H and O–H groups in total. The first-order valence-corrected chi connectivity index (χ1v) is 7.95. The van der Waals surface area contributed by atoms with Crippen molar-refractivity contribution < 1.29 is 13.5 Å². The Morgan fingerprint density at radius 1 is 1.21 bits per heavy atom. The molecule has 3 rings (SSSR count). The lowest BCUT2D eigenvalue weighted by Crippen LogP contribution is -2.37. The van der Waals surface area contributed by atoms with Crippen molar-refractivity contribution in [2.45, 2.75) is 19.5 Å². The van der Waals surface area contributed by atoms with Crippen LogP contribution in [-0.4, -0.2) is 36.3 Å². The van der Waals surface area contributed by atoms with Crippen LogP contribution in [0.25, 0.3) is 0 Å². The van der Waals surface area contributed by atoms with Gasteiger partial charge in [-0.05, 0) is 13.0 Å². The molecule has 0 amide bonds. The van der Waals surface area contributed by atoms with Gasteiger partial charge in [0.25, 0.3) is 0 Å². The van der Waals surface area contributed by atoms with Gasteiger partial charge in [-0.2, -0.15) is 0 Å². The lowest BCUT2D eigenvalue weighted by molar-refractivity contribution is 0.122. The summed E-state index contributed by atoms with van der Waals surface area (Å²) in [5.41, 5.74) is 1.34. The third kappa shape index (κ3) is 4.04. The van der Waals surface area contributed by atoms with Crippen LogP contribution in [0, 0.1) is 11.6 Å². The molecule has 1 aromatic carbocycles. The van der Waals surface area contributed by atoms with E-state index in [1.807, 2.05) is 6.92 Å². The molecule has 1 aliphatic rings. The number of aromatic nitrogens is 2. The van der Waals surface area contributed by atoms with E-state index >= 15 is 0 Å². The second-order valence-corrected chi connectivity index (χ2v) is 5.76. The molecular formula is C17H20F2N4O. The predicted molar refractivity (Wildman–Crippen MR) is 86.7 cm³/mol. The second-order valence-electron chi connectivity index (χ2n) is 5.76. The van der Waals surface area contributed by atoms with Crippen LogP contribution < -0.4 is 10.2 Å². The Morgan fingerprint density at radius 3 is 2.58 bits per heavy atom. The van der Waals surface area contributed by atoms with E-state index in [-0.39, 0.29) is 6.04 Å². The quantitative estimate of drug-likeness (QED) is 0.910. The van der Waals surface area contributed by atoms with Gasteiger partial charge < -0.3 is 15.0 Å². The van der Waals surface area contributed by atoms with E-state index in [4.69, 9.17) is 4.74 Å². The third-order valence-electron chi connectivity index (χ3n) is 4.03. The third-order valence-corrected chi connectivity index (χ3v) is 4.03.